The summed E-state index contributed by atoms with van der Waals surface area (Å²) in [6.45, 7) is 3.90. The third-order valence-corrected chi connectivity index (χ3v) is 7.04. The highest BCUT2D eigenvalue weighted by molar-refractivity contribution is 8.03. The summed E-state index contributed by atoms with van der Waals surface area (Å²) < 4.78 is 11.0. The molecule has 5 unspecified atom stereocenters. The Balaban J connectivity index is 1.47. The summed E-state index contributed by atoms with van der Waals surface area (Å²) in [6.07, 6.45) is 0.644. The number of allylic oxidation sites excluding steroid dienone is 1. The first-order chi connectivity index (χ1) is 11.5. The highest BCUT2D eigenvalue weighted by Crippen LogP contribution is 2.54. The fraction of sp³-hybridized carbons (Fsp3) is 0.824. The Morgan fingerprint density at radius 3 is 2.96 bits per heavy atom. The summed E-state index contributed by atoms with van der Waals surface area (Å²) in [7, 11) is 0. The van der Waals surface area contributed by atoms with Gasteiger partial charge in [-0.15, -0.1) is 11.8 Å². The molecule has 24 heavy (non-hydrogen) atoms. The maximum Gasteiger partial charge on any atom is 0.311 e. The molecular weight excluding hydrogens is 330 g/mol. The van der Waals surface area contributed by atoms with Gasteiger partial charge in [0.25, 0.3) is 0 Å². The van der Waals surface area contributed by atoms with Gasteiger partial charge in [-0.3, -0.25) is 4.79 Å². The Hall–Kier alpha value is -0.600. The second-order valence-corrected chi connectivity index (χ2v) is 8.54. The van der Waals surface area contributed by atoms with Crippen molar-refractivity contribution in [2.24, 2.45) is 17.8 Å². The zero-order valence-corrected chi connectivity index (χ0v) is 14.9. The van der Waals surface area contributed by atoms with Gasteiger partial charge in [-0.25, -0.2) is 4.90 Å². The van der Waals surface area contributed by atoms with Crippen molar-refractivity contribution in [1.82, 2.24) is 4.90 Å². The van der Waals surface area contributed by atoms with Crippen LogP contribution in [0.15, 0.2) is 10.5 Å². The number of thioether (sulfide) groups is 1. The van der Waals surface area contributed by atoms with E-state index in [4.69, 9.17) is 9.47 Å². The molecule has 6 nitrogen and oxygen atoms in total. The molecule has 0 saturated carbocycles. The molecule has 0 aromatic carbocycles. The lowest BCUT2D eigenvalue weighted by molar-refractivity contribution is -0.170. The lowest BCUT2D eigenvalue weighted by atomic mass is 9.89. The average molecular weight is 355 g/mol. The smallest absolute Gasteiger partial charge is 0.311 e. The number of aliphatic hydroxyl groups is 2. The first-order valence-corrected chi connectivity index (χ1v) is 9.76. The standard InChI is InChI=1S/C17H25NO5S/c1-8-5-14(23-17(8)21)22-7-12-11-6-13-10(3-4-24-13)15(11)18(9(2)19)16(12)20/h8-9,11-12,14-16,19-20H,3-7H2,1-2H3/t8?,9-,11?,12+,14?,15?,16?/m1/s1. The van der Waals surface area contributed by atoms with Gasteiger partial charge in [-0.1, -0.05) is 6.92 Å². The molecule has 2 N–H and O–H groups in total. The van der Waals surface area contributed by atoms with Crippen molar-refractivity contribution in [3.05, 3.63) is 10.5 Å². The fourth-order valence-corrected chi connectivity index (χ4v) is 5.95. The van der Waals surface area contributed by atoms with Gasteiger partial charge in [0.1, 0.15) is 12.5 Å². The number of nitrogens with zero attached hydrogens (tertiary/aromatic N) is 1. The Labute approximate surface area is 146 Å². The van der Waals surface area contributed by atoms with Crippen LogP contribution in [0.5, 0.6) is 0 Å². The first-order valence-electron chi connectivity index (χ1n) is 8.77. The zero-order chi connectivity index (χ0) is 17.0. The number of cyclic esters (lactones) is 1. The van der Waals surface area contributed by atoms with Crippen LogP contribution in [0.3, 0.4) is 0 Å². The molecule has 4 rings (SSSR count). The monoisotopic (exact) mass is 355 g/mol. The van der Waals surface area contributed by atoms with E-state index < -0.39 is 18.7 Å². The van der Waals surface area contributed by atoms with Crippen LogP contribution in [-0.2, 0) is 14.3 Å². The zero-order valence-electron chi connectivity index (χ0n) is 14.1. The van der Waals surface area contributed by atoms with Crippen LogP contribution in [0, 0.1) is 17.8 Å². The van der Waals surface area contributed by atoms with Crippen LogP contribution < -0.4 is 0 Å². The molecule has 134 valence electrons. The van der Waals surface area contributed by atoms with E-state index in [1.807, 2.05) is 23.6 Å². The molecule has 0 spiro atoms. The van der Waals surface area contributed by atoms with E-state index in [9.17, 15) is 15.0 Å². The first kappa shape index (κ1) is 16.8. The van der Waals surface area contributed by atoms with Crippen LogP contribution in [-0.4, -0.2) is 58.2 Å². The van der Waals surface area contributed by atoms with Gasteiger partial charge >= 0.3 is 5.97 Å². The largest absolute Gasteiger partial charge is 0.436 e. The molecule has 4 aliphatic rings. The number of hydrogen-bond donors (Lipinski definition) is 2. The van der Waals surface area contributed by atoms with Gasteiger partial charge in [-0.05, 0) is 36.2 Å². The molecule has 3 heterocycles. The fourth-order valence-electron chi connectivity index (χ4n) is 4.66. The van der Waals surface area contributed by atoms with E-state index in [1.165, 1.54) is 10.5 Å². The Morgan fingerprint density at radius 2 is 2.29 bits per heavy atom. The molecule has 3 aliphatic heterocycles. The molecule has 2 saturated heterocycles. The molecule has 1 aliphatic carbocycles. The Kier molecular flexibility index (Phi) is 4.41. The topological polar surface area (TPSA) is 79.2 Å². The average Bonchev–Trinajstić information content (AvgIpc) is 3.21. The number of esters is 1. The summed E-state index contributed by atoms with van der Waals surface area (Å²) in [5.41, 5.74) is 1.40. The quantitative estimate of drug-likeness (QED) is 0.736. The van der Waals surface area contributed by atoms with Gasteiger partial charge in [0.05, 0.1) is 12.5 Å². The number of carbonyl (C=O) groups is 1. The third-order valence-electron chi connectivity index (χ3n) is 5.85. The summed E-state index contributed by atoms with van der Waals surface area (Å²) in [6, 6.07) is 0.114. The van der Waals surface area contributed by atoms with E-state index in [1.54, 1.807) is 6.92 Å². The van der Waals surface area contributed by atoms with Crippen molar-refractivity contribution < 1.29 is 24.5 Å². The van der Waals surface area contributed by atoms with Gasteiger partial charge in [0, 0.05) is 24.1 Å². The van der Waals surface area contributed by atoms with Crippen molar-refractivity contribution in [2.45, 2.75) is 57.9 Å². The van der Waals surface area contributed by atoms with Crippen molar-refractivity contribution in [3.8, 4) is 0 Å². The molecular formula is C17H25NO5S. The molecule has 2 fully saturated rings. The molecule has 0 aromatic heterocycles. The van der Waals surface area contributed by atoms with Crippen LogP contribution >= 0.6 is 11.8 Å². The van der Waals surface area contributed by atoms with Gasteiger partial charge in [0.15, 0.2) is 0 Å². The minimum atomic E-state index is -0.728. The van der Waals surface area contributed by atoms with Crippen LogP contribution in [0.2, 0.25) is 0 Å². The predicted molar refractivity (Wildman–Crippen MR) is 88.6 cm³/mol. The van der Waals surface area contributed by atoms with Crippen LogP contribution in [0.4, 0.5) is 0 Å². The van der Waals surface area contributed by atoms with Crippen molar-refractivity contribution in [1.29, 1.82) is 0 Å². The number of fused-ring (bicyclic) bond motifs is 2. The Bertz CT molecular complexity index is 565. The highest BCUT2D eigenvalue weighted by Gasteiger charge is 2.55. The van der Waals surface area contributed by atoms with Gasteiger partial charge in [-0.2, -0.15) is 0 Å². The minimum Gasteiger partial charge on any atom is -0.436 e. The van der Waals surface area contributed by atoms with E-state index >= 15 is 0 Å². The number of aliphatic hydroxyl groups excluding tert-OH is 2. The SMILES string of the molecule is CC1CC(OC[C@H]2C3CC4=C(CCS4)C3N([C@@H](C)O)C2O)OC1=O. The molecule has 0 bridgehead atoms. The second-order valence-electron chi connectivity index (χ2n) is 7.35. The van der Waals surface area contributed by atoms with Gasteiger partial charge < -0.3 is 19.7 Å². The van der Waals surface area contributed by atoms with Crippen LogP contribution in [0.25, 0.3) is 0 Å². The third kappa shape index (κ3) is 2.61. The lowest BCUT2D eigenvalue weighted by Gasteiger charge is -2.31. The van der Waals surface area contributed by atoms with Crippen molar-refractivity contribution in [2.75, 3.05) is 12.4 Å². The molecule has 0 radical (unpaired) electrons. The normalized spacial score (nSPS) is 43.2. The van der Waals surface area contributed by atoms with E-state index in [0.29, 0.717) is 13.0 Å². The lowest BCUT2D eigenvalue weighted by Crippen LogP contribution is -2.45. The van der Waals surface area contributed by atoms with E-state index in [2.05, 4.69) is 0 Å². The summed E-state index contributed by atoms with van der Waals surface area (Å²) in [5, 5.41) is 21.0. The minimum absolute atomic E-state index is 0.0783. The summed E-state index contributed by atoms with van der Waals surface area (Å²) in [4.78, 5) is 14.8. The second kappa shape index (κ2) is 6.29. The summed E-state index contributed by atoms with van der Waals surface area (Å²) >= 11 is 1.91. The molecule has 0 amide bonds. The van der Waals surface area contributed by atoms with E-state index in [0.717, 1.165) is 18.6 Å². The van der Waals surface area contributed by atoms with Gasteiger partial charge in [0.2, 0.25) is 6.29 Å². The number of hydrogen-bond acceptors (Lipinski definition) is 7. The number of ether oxygens (including phenoxy) is 2. The van der Waals surface area contributed by atoms with E-state index in [-0.39, 0.29) is 29.8 Å². The number of carbonyl (C=O) groups excluding carboxylic acids is 1. The maximum atomic E-state index is 11.5. The Morgan fingerprint density at radius 1 is 1.50 bits per heavy atom. The van der Waals surface area contributed by atoms with Crippen LogP contribution in [0.1, 0.15) is 33.1 Å². The summed E-state index contributed by atoms with van der Waals surface area (Å²) in [5.74, 6) is 0.952. The molecule has 0 aromatic rings. The molecule has 7 atom stereocenters. The predicted octanol–water partition coefficient (Wildman–Crippen LogP) is 1.28. The maximum absolute atomic E-state index is 11.5. The highest BCUT2D eigenvalue weighted by atomic mass is 32.2. The van der Waals surface area contributed by atoms with Crippen molar-refractivity contribution in [3.63, 3.8) is 0 Å². The number of likely N-dealkylation sites (tertiary alicyclic amines) is 1. The number of rotatable bonds is 4. The molecule has 7 heteroatoms. The van der Waals surface area contributed by atoms with Crippen molar-refractivity contribution >= 4 is 17.7 Å².